The number of fused-ring (bicyclic) bond motifs is 1. The third-order valence-electron chi connectivity index (χ3n) is 5.80. The number of aryl methyl sites for hydroxylation is 1. The van der Waals surface area contributed by atoms with Gasteiger partial charge < -0.3 is 0 Å². The minimum atomic E-state index is -4.00. The second-order valence-electron chi connectivity index (χ2n) is 8.63. The molecular formula is C28H23FN6O3S2. The first-order valence-corrected chi connectivity index (χ1v) is 14.3. The van der Waals surface area contributed by atoms with Gasteiger partial charge in [-0.05, 0) is 55.0 Å². The van der Waals surface area contributed by atoms with E-state index in [0.717, 1.165) is 31.8 Å². The minimum Gasteiger partial charge on any atom is -0.267 e. The SMILES string of the molecule is Cc1ccc(/C=N/N(C(=O)c2ccc(S(=O)(=O)N(CCC#N)CCC#N)cc2)c2nc3ccc(F)cc3s2)cc1. The summed E-state index contributed by atoms with van der Waals surface area (Å²) >= 11 is 1.09. The van der Waals surface area contributed by atoms with Crippen LogP contribution in [0.1, 0.15) is 34.3 Å². The number of sulfonamides is 1. The van der Waals surface area contributed by atoms with Crippen molar-refractivity contribution in [2.45, 2.75) is 24.7 Å². The highest BCUT2D eigenvalue weighted by Gasteiger charge is 2.26. The van der Waals surface area contributed by atoms with Crippen molar-refractivity contribution < 1.29 is 17.6 Å². The molecule has 0 fully saturated rings. The van der Waals surface area contributed by atoms with Crippen molar-refractivity contribution in [1.82, 2.24) is 9.29 Å². The quantitative estimate of drug-likeness (QED) is 0.188. The standard InChI is InChI=1S/C28H23FN6O3S2/c1-20-4-6-21(7-5-20)19-32-35(28-33-25-13-10-23(29)18-26(25)39-28)27(36)22-8-11-24(12-9-22)40(37,38)34(16-2-14-30)17-3-15-31/h4-13,18-19H,2-3,16-17H2,1H3/b32-19+. The summed E-state index contributed by atoms with van der Waals surface area (Å²) in [5, 5.41) is 23.5. The zero-order valence-electron chi connectivity index (χ0n) is 21.4. The molecule has 0 spiro atoms. The van der Waals surface area contributed by atoms with E-state index in [9.17, 15) is 17.6 Å². The lowest BCUT2D eigenvalue weighted by molar-refractivity contribution is 0.0987. The van der Waals surface area contributed by atoms with Crippen molar-refractivity contribution in [2.75, 3.05) is 18.1 Å². The van der Waals surface area contributed by atoms with Crippen molar-refractivity contribution in [2.24, 2.45) is 5.10 Å². The van der Waals surface area contributed by atoms with Gasteiger partial charge in [-0.25, -0.2) is 17.8 Å². The molecule has 40 heavy (non-hydrogen) atoms. The molecule has 12 heteroatoms. The number of rotatable bonds is 10. The van der Waals surface area contributed by atoms with Crippen LogP contribution in [0, 0.1) is 35.4 Å². The Morgan fingerprint density at radius 1 is 1.02 bits per heavy atom. The Balaban J connectivity index is 1.67. The Labute approximate surface area is 235 Å². The smallest absolute Gasteiger partial charge is 0.267 e. The number of amides is 1. The van der Waals surface area contributed by atoms with Crippen LogP contribution in [0.2, 0.25) is 0 Å². The molecule has 4 rings (SSSR count). The zero-order valence-corrected chi connectivity index (χ0v) is 23.0. The highest BCUT2D eigenvalue weighted by atomic mass is 32.2. The monoisotopic (exact) mass is 574 g/mol. The van der Waals surface area contributed by atoms with Gasteiger partial charge in [0.15, 0.2) is 0 Å². The fourth-order valence-corrected chi connectivity index (χ4v) is 6.07. The molecule has 0 N–H and O–H groups in total. The number of benzene rings is 3. The van der Waals surface area contributed by atoms with Crippen LogP contribution in [0.5, 0.6) is 0 Å². The van der Waals surface area contributed by atoms with E-state index in [-0.39, 0.29) is 41.5 Å². The first kappa shape index (κ1) is 28.5. The maximum Gasteiger partial charge on any atom is 0.280 e. The summed E-state index contributed by atoms with van der Waals surface area (Å²) in [6, 6.07) is 20.8. The third-order valence-corrected chi connectivity index (χ3v) is 8.70. The highest BCUT2D eigenvalue weighted by molar-refractivity contribution is 7.89. The van der Waals surface area contributed by atoms with E-state index in [1.165, 1.54) is 48.7 Å². The molecule has 1 amide bonds. The first-order chi connectivity index (χ1) is 19.2. The van der Waals surface area contributed by atoms with Gasteiger partial charge in [-0.1, -0.05) is 41.2 Å². The number of hydrogen-bond donors (Lipinski definition) is 0. The van der Waals surface area contributed by atoms with Gasteiger partial charge in [0.1, 0.15) is 5.82 Å². The van der Waals surface area contributed by atoms with Crippen LogP contribution in [0.25, 0.3) is 10.2 Å². The highest BCUT2D eigenvalue weighted by Crippen LogP contribution is 2.31. The number of carbonyl (C=O) groups excluding carboxylic acids is 1. The number of aromatic nitrogens is 1. The Morgan fingerprint density at radius 3 is 2.30 bits per heavy atom. The predicted octanol–water partition coefficient (Wildman–Crippen LogP) is 5.24. The molecule has 0 aliphatic carbocycles. The summed E-state index contributed by atoms with van der Waals surface area (Å²) in [5.41, 5.74) is 2.45. The number of nitrogens with zero attached hydrogens (tertiary/aromatic N) is 6. The maximum absolute atomic E-state index is 13.8. The van der Waals surface area contributed by atoms with Crippen LogP contribution >= 0.6 is 11.3 Å². The molecular weight excluding hydrogens is 551 g/mol. The molecule has 1 aromatic heterocycles. The number of carbonyl (C=O) groups is 1. The second-order valence-corrected chi connectivity index (χ2v) is 11.6. The molecule has 202 valence electrons. The molecule has 1 heterocycles. The number of halogens is 1. The number of hydrogen-bond acceptors (Lipinski definition) is 8. The molecule has 0 atom stereocenters. The van der Waals surface area contributed by atoms with Gasteiger partial charge in [-0.3, -0.25) is 4.79 Å². The van der Waals surface area contributed by atoms with Crippen LogP contribution in [0.4, 0.5) is 9.52 Å². The number of thiazole rings is 1. The summed E-state index contributed by atoms with van der Waals surface area (Å²) in [6.07, 6.45) is 1.45. The molecule has 0 saturated carbocycles. The van der Waals surface area contributed by atoms with E-state index in [2.05, 4.69) is 10.1 Å². The summed E-state index contributed by atoms with van der Waals surface area (Å²) in [6.45, 7) is 1.84. The van der Waals surface area contributed by atoms with Gasteiger partial charge in [0.2, 0.25) is 15.2 Å². The molecule has 0 unspecified atom stereocenters. The first-order valence-electron chi connectivity index (χ1n) is 12.1. The molecule has 0 radical (unpaired) electrons. The van der Waals surface area contributed by atoms with Crippen molar-refractivity contribution in [3.8, 4) is 12.1 Å². The van der Waals surface area contributed by atoms with E-state index in [1.54, 1.807) is 0 Å². The van der Waals surface area contributed by atoms with Gasteiger partial charge >= 0.3 is 0 Å². The topological polar surface area (TPSA) is 131 Å². The lowest BCUT2D eigenvalue weighted by Gasteiger charge is -2.20. The Bertz CT molecular complexity index is 1720. The normalized spacial score (nSPS) is 11.5. The van der Waals surface area contributed by atoms with E-state index >= 15 is 0 Å². The Hall–Kier alpha value is -4.49. The summed E-state index contributed by atoms with van der Waals surface area (Å²) in [4.78, 5) is 18.0. The lowest BCUT2D eigenvalue weighted by atomic mass is 10.2. The Kier molecular flexibility index (Phi) is 8.97. The molecule has 4 aromatic rings. The average Bonchev–Trinajstić information content (AvgIpc) is 3.36. The predicted molar refractivity (Wildman–Crippen MR) is 151 cm³/mol. The molecule has 9 nitrogen and oxygen atoms in total. The van der Waals surface area contributed by atoms with Crippen LogP contribution in [0.15, 0.2) is 76.7 Å². The van der Waals surface area contributed by atoms with E-state index in [4.69, 9.17) is 10.5 Å². The lowest BCUT2D eigenvalue weighted by Crippen LogP contribution is -2.33. The van der Waals surface area contributed by atoms with Crippen molar-refractivity contribution in [3.63, 3.8) is 0 Å². The van der Waals surface area contributed by atoms with E-state index in [0.29, 0.717) is 10.2 Å². The van der Waals surface area contributed by atoms with Gasteiger partial charge in [0, 0.05) is 31.5 Å². The van der Waals surface area contributed by atoms with Crippen LogP contribution in [0.3, 0.4) is 0 Å². The molecule has 3 aromatic carbocycles. The van der Waals surface area contributed by atoms with Crippen LogP contribution < -0.4 is 5.01 Å². The van der Waals surface area contributed by atoms with Gasteiger partial charge in [-0.2, -0.15) is 24.9 Å². The fraction of sp³-hybridized carbons (Fsp3) is 0.179. The summed E-state index contributed by atoms with van der Waals surface area (Å²) in [5.74, 6) is -1.00. The number of hydrazone groups is 1. The third kappa shape index (κ3) is 6.55. The average molecular weight is 575 g/mol. The van der Waals surface area contributed by atoms with Gasteiger partial charge in [0.05, 0.1) is 33.5 Å². The maximum atomic E-state index is 13.8. The number of nitriles is 2. The Morgan fingerprint density at radius 2 is 1.68 bits per heavy atom. The molecule has 0 bridgehead atoms. The summed E-state index contributed by atoms with van der Waals surface area (Å²) in [7, 11) is -4.00. The van der Waals surface area contributed by atoms with Crippen molar-refractivity contribution in [1.29, 1.82) is 10.5 Å². The summed E-state index contributed by atoms with van der Waals surface area (Å²) < 4.78 is 41.7. The number of anilines is 1. The minimum absolute atomic E-state index is 0.0265. The van der Waals surface area contributed by atoms with E-state index in [1.807, 2.05) is 43.3 Å². The molecule has 0 aliphatic rings. The van der Waals surface area contributed by atoms with Crippen molar-refractivity contribution >= 4 is 48.8 Å². The zero-order chi connectivity index (χ0) is 28.7. The second kappa shape index (κ2) is 12.6. The van der Waals surface area contributed by atoms with Gasteiger partial charge in [-0.15, -0.1) is 0 Å². The van der Waals surface area contributed by atoms with Crippen molar-refractivity contribution in [3.05, 3.63) is 89.2 Å². The van der Waals surface area contributed by atoms with Crippen LogP contribution in [-0.4, -0.2) is 42.9 Å². The molecule has 0 aliphatic heterocycles. The van der Waals surface area contributed by atoms with Gasteiger partial charge in [0.25, 0.3) is 5.91 Å². The van der Waals surface area contributed by atoms with Crippen LogP contribution in [-0.2, 0) is 10.0 Å². The largest absolute Gasteiger partial charge is 0.280 e. The fourth-order valence-electron chi connectivity index (χ4n) is 3.68. The molecule has 0 saturated heterocycles. The van der Waals surface area contributed by atoms with E-state index < -0.39 is 21.7 Å².